The van der Waals surface area contributed by atoms with Crippen LogP contribution in [0.2, 0.25) is 0 Å². The van der Waals surface area contributed by atoms with Gasteiger partial charge in [-0.05, 0) is 13.8 Å². The molecule has 108 valence electrons. The number of nitrogens with one attached hydrogen (secondary N) is 2. The van der Waals surface area contributed by atoms with E-state index in [4.69, 9.17) is 9.47 Å². The molecule has 0 unspecified atom stereocenters. The van der Waals surface area contributed by atoms with Gasteiger partial charge in [-0.15, -0.1) is 0 Å². The Morgan fingerprint density at radius 3 is 2.60 bits per heavy atom. The van der Waals surface area contributed by atoms with Gasteiger partial charge in [-0.3, -0.25) is 4.79 Å². The Bertz CT molecular complexity index is 491. The lowest BCUT2D eigenvalue weighted by Crippen LogP contribution is -2.36. The van der Waals surface area contributed by atoms with E-state index in [1.807, 2.05) is 0 Å². The molecule has 1 aliphatic heterocycles. The standard InChI is InChI=1S/C13H16N2O5/c1-8(2)20-12(17)5-4-11(16)19-7-10-6-14-9(3)15-13(10)18/h4-6,8,14H,3,7H2,1-2H3,(H,15,18)/b5-4+. The molecule has 20 heavy (non-hydrogen) atoms. The van der Waals surface area contributed by atoms with E-state index in [9.17, 15) is 14.4 Å². The number of hydrogen-bond acceptors (Lipinski definition) is 6. The lowest BCUT2D eigenvalue weighted by Gasteiger charge is -2.16. The molecule has 7 heteroatoms. The van der Waals surface area contributed by atoms with Gasteiger partial charge in [-0.25, -0.2) is 9.59 Å². The average molecular weight is 280 g/mol. The number of esters is 2. The molecule has 1 rings (SSSR count). The molecule has 1 aliphatic rings. The SMILES string of the molecule is C=C1NC=C(COC(=O)/C=C/C(=O)OC(C)C)C(=O)N1. The van der Waals surface area contributed by atoms with E-state index in [-0.39, 0.29) is 18.3 Å². The zero-order valence-corrected chi connectivity index (χ0v) is 11.3. The Hall–Kier alpha value is -2.57. The van der Waals surface area contributed by atoms with Crippen molar-refractivity contribution < 1.29 is 23.9 Å². The summed E-state index contributed by atoms with van der Waals surface area (Å²) in [4.78, 5) is 33.9. The highest BCUT2D eigenvalue weighted by Gasteiger charge is 2.16. The van der Waals surface area contributed by atoms with Crippen LogP contribution in [0.5, 0.6) is 0 Å². The van der Waals surface area contributed by atoms with Gasteiger partial charge in [0.25, 0.3) is 5.91 Å². The summed E-state index contributed by atoms with van der Waals surface area (Å²) in [6.07, 6.45) is 3.04. The van der Waals surface area contributed by atoms with E-state index in [2.05, 4.69) is 17.2 Å². The molecule has 1 heterocycles. The minimum absolute atomic E-state index is 0.214. The zero-order chi connectivity index (χ0) is 15.1. The molecule has 0 saturated carbocycles. The Labute approximate surface area is 116 Å². The minimum Gasteiger partial charge on any atom is -0.460 e. The van der Waals surface area contributed by atoms with Gasteiger partial charge in [-0.1, -0.05) is 6.58 Å². The maximum atomic E-state index is 11.4. The third kappa shape index (κ3) is 5.38. The fraction of sp³-hybridized carbons (Fsp3) is 0.308. The number of rotatable bonds is 5. The maximum absolute atomic E-state index is 11.4. The van der Waals surface area contributed by atoms with Crippen molar-refractivity contribution in [3.05, 3.63) is 36.3 Å². The van der Waals surface area contributed by atoms with Crippen LogP contribution < -0.4 is 10.6 Å². The van der Waals surface area contributed by atoms with E-state index < -0.39 is 17.8 Å². The van der Waals surface area contributed by atoms with Crippen molar-refractivity contribution in [2.45, 2.75) is 20.0 Å². The largest absolute Gasteiger partial charge is 0.460 e. The molecule has 0 spiro atoms. The third-order valence-electron chi connectivity index (χ3n) is 2.05. The predicted molar refractivity (Wildman–Crippen MR) is 69.8 cm³/mol. The number of carbonyl (C=O) groups excluding carboxylic acids is 3. The van der Waals surface area contributed by atoms with Gasteiger partial charge >= 0.3 is 11.9 Å². The lowest BCUT2D eigenvalue weighted by molar-refractivity contribution is -0.142. The molecular formula is C13H16N2O5. The number of ether oxygens (including phenoxy) is 2. The molecule has 2 N–H and O–H groups in total. The monoisotopic (exact) mass is 280 g/mol. The number of amides is 1. The van der Waals surface area contributed by atoms with Crippen molar-refractivity contribution in [2.75, 3.05) is 6.61 Å². The van der Waals surface area contributed by atoms with Crippen LogP contribution >= 0.6 is 0 Å². The van der Waals surface area contributed by atoms with Gasteiger partial charge in [0.05, 0.1) is 11.7 Å². The predicted octanol–water partition coefficient (Wildman–Crippen LogP) is 0.112. The van der Waals surface area contributed by atoms with Crippen molar-refractivity contribution in [3.63, 3.8) is 0 Å². The summed E-state index contributed by atoms with van der Waals surface area (Å²) < 4.78 is 9.61. The molecule has 0 aromatic rings. The molecule has 0 aromatic heterocycles. The van der Waals surface area contributed by atoms with Crippen LogP contribution in [0.1, 0.15) is 13.8 Å². The fourth-order valence-electron chi connectivity index (χ4n) is 1.21. The first-order chi connectivity index (χ1) is 9.38. The second-order valence-electron chi connectivity index (χ2n) is 4.17. The summed E-state index contributed by atoms with van der Waals surface area (Å²) in [6.45, 7) is 6.68. The Kier molecular flexibility index (Phi) is 5.52. The van der Waals surface area contributed by atoms with Crippen LogP contribution in [0.15, 0.2) is 36.3 Å². The highest BCUT2D eigenvalue weighted by Crippen LogP contribution is 2.02. The van der Waals surface area contributed by atoms with E-state index in [0.29, 0.717) is 5.82 Å². The summed E-state index contributed by atoms with van der Waals surface area (Å²) in [6, 6.07) is 0. The smallest absolute Gasteiger partial charge is 0.331 e. The van der Waals surface area contributed by atoms with Gasteiger partial charge in [0, 0.05) is 18.4 Å². The summed E-state index contributed by atoms with van der Waals surface area (Å²) >= 11 is 0. The van der Waals surface area contributed by atoms with Gasteiger partial charge in [-0.2, -0.15) is 0 Å². The van der Waals surface area contributed by atoms with E-state index >= 15 is 0 Å². The van der Waals surface area contributed by atoms with E-state index in [0.717, 1.165) is 12.2 Å². The van der Waals surface area contributed by atoms with Crippen molar-refractivity contribution in [2.24, 2.45) is 0 Å². The van der Waals surface area contributed by atoms with Crippen molar-refractivity contribution >= 4 is 17.8 Å². The van der Waals surface area contributed by atoms with E-state index in [1.165, 1.54) is 6.20 Å². The van der Waals surface area contributed by atoms with Crippen LogP contribution in [0.4, 0.5) is 0 Å². The Morgan fingerprint density at radius 2 is 2.00 bits per heavy atom. The molecule has 0 aliphatic carbocycles. The molecule has 1 amide bonds. The zero-order valence-electron chi connectivity index (χ0n) is 11.3. The summed E-state index contributed by atoms with van der Waals surface area (Å²) in [5.41, 5.74) is 0.240. The van der Waals surface area contributed by atoms with Crippen LogP contribution in [0, 0.1) is 0 Å². The molecule has 7 nitrogen and oxygen atoms in total. The van der Waals surface area contributed by atoms with Crippen molar-refractivity contribution in [3.8, 4) is 0 Å². The van der Waals surface area contributed by atoms with Gasteiger partial charge < -0.3 is 20.1 Å². The number of hydrogen-bond donors (Lipinski definition) is 2. The first-order valence-electron chi connectivity index (χ1n) is 5.89. The highest BCUT2D eigenvalue weighted by atomic mass is 16.5. The summed E-state index contributed by atoms with van der Waals surface area (Å²) in [5, 5.41) is 5.11. The van der Waals surface area contributed by atoms with Crippen molar-refractivity contribution in [1.29, 1.82) is 0 Å². The van der Waals surface area contributed by atoms with Gasteiger partial charge in [0.2, 0.25) is 0 Å². The van der Waals surface area contributed by atoms with Crippen LogP contribution in [-0.4, -0.2) is 30.6 Å². The fourth-order valence-corrected chi connectivity index (χ4v) is 1.21. The Morgan fingerprint density at radius 1 is 1.35 bits per heavy atom. The van der Waals surface area contributed by atoms with Crippen LogP contribution in [-0.2, 0) is 23.9 Å². The molecular weight excluding hydrogens is 264 g/mol. The van der Waals surface area contributed by atoms with Crippen molar-refractivity contribution in [1.82, 2.24) is 10.6 Å². The van der Waals surface area contributed by atoms with E-state index in [1.54, 1.807) is 13.8 Å². The normalized spacial score (nSPS) is 14.7. The molecule has 0 saturated heterocycles. The quantitative estimate of drug-likeness (QED) is 0.548. The van der Waals surface area contributed by atoms with Gasteiger partial charge in [0.1, 0.15) is 12.4 Å². The molecule has 0 aromatic carbocycles. The highest BCUT2D eigenvalue weighted by molar-refractivity contribution is 5.96. The molecule has 0 radical (unpaired) electrons. The third-order valence-corrected chi connectivity index (χ3v) is 2.05. The summed E-state index contributed by atoms with van der Waals surface area (Å²) in [7, 11) is 0. The topological polar surface area (TPSA) is 93.7 Å². The van der Waals surface area contributed by atoms with Gasteiger partial charge in [0.15, 0.2) is 0 Å². The molecule has 0 fully saturated rings. The Balaban J connectivity index is 2.40. The molecule has 0 atom stereocenters. The second-order valence-corrected chi connectivity index (χ2v) is 4.17. The first-order valence-corrected chi connectivity index (χ1v) is 5.89. The number of carbonyl (C=O) groups is 3. The second kappa shape index (κ2) is 7.13. The first kappa shape index (κ1) is 15.5. The average Bonchev–Trinajstić information content (AvgIpc) is 2.34. The summed E-state index contributed by atoms with van der Waals surface area (Å²) in [5.74, 6) is -1.43. The lowest BCUT2D eigenvalue weighted by atomic mass is 10.2. The maximum Gasteiger partial charge on any atom is 0.331 e. The van der Waals surface area contributed by atoms with Crippen LogP contribution in [0.25, 0.3) is 0 Å². The minimum atomic E-state index is -0.746. The molecule has 0 bridgehead atoms. The van der Waals surface area contributed by atoms with Crippen LogP contribution in [0.3, 0.4) is 0 Å².